The number of amides is 2. The molecule has 238 valence electrons. The van der Waals surface area contributed by atoms with E-state index in [9.17, 15) is 19.5 Å². The van der Waals surface area contributed by atoms with Gasteiger partial charge in [-0.15, -0.1) is 0 Å². The van der Waals surface area contributed by atoms with Gasteiger partial charge >= 0.3 is 5.97 Å². The van der Waals surface area contributed by atoms with Crippen LogP contribution in [0, 0.1) is 24.2 Å². The van der Waals surface area contributed by atoms with Crippen molar-refractivity contribution in [3.05, 3.63) is 47.0 Å². The lowest BCUT2D eigenvalue weighted by Crippen LogP contribution is -2.56. The maximum atomic E-state index is 14.5. The highest BCUT2D eigenvalue weighted by Crippen LogP contribution is 2.51. The molecule has 0 aromatic heterocycles. The van der Waals surface area contributed by atoms with Gasteiger partial charge in [-0.2, -0.15) is 0 Å². The summed E-state index contributed by atoms with van der Waals surface area (Å²) in [6, 6.07) is 9.18. The largest absolute Gasteiger partial charge is 0.493 e. The van der Waals surface area contributed by atoms with Crippen LogP contribution in [0.4, 0.5) is 5.69 Å². The molecule has 3 aliphatic rings. The van der Waals surface area contributed by atoms with E-state index in [0.717, 1.165) is 24.0 Å². The van der Waals surface area contributed by atoms with Gasteiger partial charge in [0.1, 0.15) is 24.6 Å². The quantitative estimate of drug-likeness (QED) is 0.428. The number of anilines is 1. The van der Waals surface area contributed by atoms with E-state index in [1.165, 1.54) is 0 Å². The maximum Gasteiger partial charge on any atom is 0.306 e. The van der Waals surface area contributed by atoms with Crippen LogP contribution in [0.3, 0.4) is 0 Å². The third kappa shape index (κ3) is 6.22. The van der Waals surface area contributed by atoms with Crippen LogP contribution in [0.2, 0.25) is 0 Å². The highest BCUT2D eigenvalue weighted by molar-refractivity contribution is 6.02. The first kappa shape index (κ1) is 31.6. The summed E-state index contributed by atoms with van der Waals surface area (Å²) in [4.78, 5) is 41.1. The Hall–Kier alpha value is -3.79. The number of hydrogen-bond donors (Lipinski definition) is 2. The van der Waals surface area contributed by atoms with E-state index in [1.807, 2.05) is 31.2 Å². The molecule has 5 rings (SSSR count). The molecule has 2 aliphatic heterocycles. The molecular weight excluding hydrogens is 564 g/mol. The summed E-state index contributed by atoms with van der Waals surface area (Å²) in [5.74, 6) is 0.168. The first-order valence-corrected chi connectivity index (χ1v) is 15.4. The number of hydrogen-bond acceptors (Lipinski definition) is 7. The standard InChI is InChI=1S/C34H44N2O8/c1-19-14-23-29-25(15-19)43-18-27(34(2,3)4)36(29)32(38)26(44-30(23)22-8-7-9-24(41-5)31(22)42-6)16-28(37)35-17-20-10-12-21(13-11-20)33(39)40/h7-9,14-15,20-21,26-27,30H,10-13,16-18H2,1-6H3,(H,35,37)(H,39,40)/t20-,21-,26-,27+,30-/m1/s1. The smallest absolute Gasteiger partial charge is 0.306 e. The SMILES string of the molecule is COc1cccc([C@H]2O[C@H](CC(=O)NC[C@H]3CC[C@H](C(=O)O)CC3)C(=O)N3c4c(cc(C)cc42)OC[C@H]3C(C)(C)C)c1OC. The topological polar surface area (TPSA) is 124 Å². The van der Waals surface area contributed by atoms with Crippen molar-refractivity contribution in [1.29, 1.82) is 0 Å². The molecule has 2 aromatic carbocycles. The van der Waals surface area contributed by atoms with Gasteiger partial charge in [-0.05, 0) is 61.6 Å². The number of methoxy groups -OCH3 is 2. The van der Waals surface area contributed by atoms with E-state index in [-0.39, 0.29) is 41.5 Å². The Bertz CT molecular complexity index is 1410. The Balaban J connectivity index is 1.50. The van der Waals surface area contributed by atoms with Gasteiger partial charge in [0.15, 0.2) is 11.5 Å². The number of nitrogens with one attached hydrogen (secondary N) is 1. The summed E-state index contributed by atoms with van der Waals surface area (Å²) in [6.45, 7) is 8.94. The van der Waals surface area contributed by atoms with E-state index < -0.39 is 18.2 Å². The van der Waals surface area contributed by atoms with Crippen LogP contribution in [0.25, 0.3) is 0 Å². The number of aliphatic carboxylic acids is 1. The molecule has 2 aromatic rings. The van der Waals surface area contributed by atoms with E-state index in [1.54, 1.807) is 25.2 Å². The molecule has 10 heteroatoms. The molecule has 10 nitrogen and oxygen atoms in total. The molecule has 1 saturated carbocycles. The lowest BCUT2D eigenvalue weighted by molar-refractivity contribution is -0.143. The fourth-order valence-electron chi connectivity index (χ4n) is 6.70. The summed E-state index contributed by atoms with van der Waals surface area (Å²) in [5.41, 5.74) is 2.70. The van der Waals surface area contributed by atoms with Crippen molar-refractivity contribution in [2.75, 3.05) is 32.3 Å². The number of rotatable bonds is 8. The minimum atomic E-state index is -1.08. The molecule has 0 bridgehead atoms. The molecule has 1 fully saturated rings. The Morgan fingerprint density at radius 1 is 1.07 bits per heavy atom. The second kappa shape index (κ2) is 12.7. The zero-order valence-electron chi connectivity index (χ0n) is 26.5. The predicted molar refractivity (Wildman–Crippen MR) is 164 cm³/mol. The fraction of sp³-hybridized carbons (Fsp3) is 0.559. The number of ether oxygens (including phenoxy) is 4. The van der Waals surface area contributed by atoms with Crippen molar-refractivity contribution in [3.63, 3.8) is 0 Å². The number of carbonyl (C=O) groups excluding carboxylic acids is 2. The second-order valence-corrected chi connectivity index (χ2v) is 13.3. The first-order valence-electron chi connectivity index (χ1n) is 15.4. The number of benzene rings is 2. The zero-order chi connectivity index (χ0) is 31.8. The molecule has 0 spiro atoms. The lowest BCUT2D eigenvalue weighted by Gasteiger charge is -2.44. The predicted octanol–water partition coefficient (Wildman–Crippen LogP) is 5.04. The summed E-state index contributed by atoms with van der Waals surface area (Å²) in [5, 5.41) is 12.3. The lowest BCUT2D eigenvalue weighted by atomic mass is 9.82. The first-order chi connectivity index (χ1) is 20.9. The summed E-state index contributed by atoms with van der Waals surface area (Å²) in [6.07, 6.45) is 0.697. The van der Waals surface area contributed by atoms with Crippen LogP contribution < -0.4 is 24.4 Å². The van der Waals surface area contributed by atoms with Crippen LogP contribution in [0.5, 0.6) is 17.2 Å². The highest BCUT2D eigenvalue weighted by Gasteiger charge is 2.47. The van der Waals surface area contributed by atoms with Crippen LogP contribution in [-0.2, 0) is 19.1 Å². The molecule has 1 aliphatic carbocycles. The van der Waals surface area contributed by atoms with E-state index >= 15 is 0 Å². The van der Waals surface area contributed by atoms with Gasteiger partial charge < -0.3 is 29.4 Å². The highest BCUT2D eigenvalue weighted by atomic mass is 16.5. The van der Waals surface area contributed by atoms with Crippen molar-refractivity contribution >= 4 is 23.5 Å². The number of nitrogens with zero attached hydrogens (tertiary/aromatic N) is 1. The zero-order valence-corrected chi connectivity index (χ0v) is 26.5. The maximum absolute atomic E-state index is 14.5. The number of carbonyl (C=O) groups is 3. The minimum absolute atomic E-state index is 0.164. The van der Waals surface area contributed by atoms with Gasteiger partial charge in [-0.25, -0.2) is 0 Å². The molecule has 44 heavy (non-hydrogen) atoms. The van der Waals surface area contributed by atoms with Crippen LogP contribution >= 0.6 is 0 Å². The third-order valence-electron chi connectivity index (χ3n) is 9.16. The Kier molecular flexibility index (Phi) is 9.11. The van der Waals surface area contributed by atoms with E-state index in [4.69, 9.17) is 18.9 Å². The van der Waals surface area contributed by atoms with Crippen molar-refractivity contribution in [3.8, 4) is 17.2 Å². The third-order valence-corrected chi connectivity index (χ3v) is 9.16. The molecule has 0 unspecified atom stereocenters. The van der Waals surface area contributed by atoms with Crippen molar-refractivity contribution in [2.24, 2.45) is 17.3 Å². The number of carboxylic acid groups (broad SMARTS) is 1. The monoisotopic (exact) mass is 608 g/mol. The molecule has 2 N–H and O–H groups in total. The molecule has 2 amide bonds. The van der Waals surface area contributed by atoms with Crippen LogP contribution in [0.15, 0.2) is 30.3 Å². The summed E-state index contributed by atoms with van der Waals surface area (Å²) in [7, 11) is 3.13. The fourth-order valence-corrected chi connectivity index (χ4v) is 6.70. The Morgan fingerprint density at radius 2 is 1.80 bits per heavy atom. The molecule has 3 atom stereocenters. The van der Waals surface area contributed by atoms with Crippen molar-refractivity contribution < 1.29 is 38.4 Å². The van der Waals surface area contributed by atoms with Gasteiger partial charge in [0.2, 0.25) is 5.91 Å². The van der Waals surface area contributed by atoms with E-state index in [2.05, 4.69) is 26.1 Å². The second-order valence-electron chi connectivity index (χ2n) is 13.3. The van der Waals surface area contributed by atoms with Crippen molar-refractivity contribution in [1.82, 2.24) is 5.32 Å². The summed E-state index contributed by atoms with van der Waals surface area (Å²) >= 11 is 0. The van der Waals surface area contributed by atoms with Crippen molar-refractivity contribution in [2.45, 2.75) is 78.0 Å². The number of carboxylic acids is 1. The Morgan fingerprint density at radius 3 is 2.43 bits per heavy atom. The van der Waals surface area contributed by atoms with Gasteiger partial charge in [-0.1, -0.05) is 39.0 Å². The Labute approximate surface area is 259 Å². The van der Waals surface area contributed by atoms with E-state index in [0.29, 0.717) is 54.5 Å². The number of para-hydroxylation sites is 1. The van der Waals surface area contributed by atoms with Crippen LogP contribution in [-0.4, -0.2) is 62.4 Å². The van der Waals surface area contributed by atoms with Gasteiger partial charge in [0, 0.05) is 17.7 Å². The molecule has 2 heterocycles. The van der Waals surface area contributed by atoms with Crippen LogP contribution in [0.1, 0.15) is 75.7 Å². The summed E-state index contributed by atoms with van der Waals surface area (Å²) < 4.78 is 24.4. The molecular formula is C34H44N2O8. The van der Waals surface area contributed by atoms with Gasteiger partial charge in [-0.3, -0.25) is 19.3 Å². The van der Waals surface area contributed by atoms with Gasteiger partial charge in [0.05, 0.1) is 38.3 Å². The van der Waals surface area contributed by atoms with Gasteiger partial charge in [0.25, 0.3) is 5.91 Å². The normalized spacial score (nSPS) is 24.9. The molecule has 0 saturated heterocycles. The average molecular weight is 609 g/mol. The average Bonchev–Trinajstić information content (AvgIpc) is 3.10. The molecule has 0 radical (unpaired) electrons. The number of aryl methyl sites for hydroxylation is 1. The minimum Gasteiger partial charge on any atom is -0.493 e.